The zero-order valence-electron chi connectivity index (χ0n) is 16.0. The molecule has 2 aliphatic rings. The molecule has 0 bridgehead atoms. The van der Waals surface area contributed by atoms with Gasteiger partial charge in [0, 0.05) is 65.2 Å². The van der Waals surface area contributed by atoms with E-state index in [-0.39, 0.29) is 17.5 Å². The Morgan fingerprint density at radius 2 is 1.79 bits per heavy atom. The number of anilines is 1. The van der Waals surface area contributed by atoms with Crippen LogP contribution in [0.3, 0.4) is 0 Å². The lowest BCUT2D eigenvalue weighted by atomic mass is 10.1. The number of benzene rings is 1. The Kier molecular flexibility index (Phi) is 6.43. The van der Waals surface area contributed by atoms with E-state index >= 15 is 0 Å². The first kappa shape index (κ1) is 20.0. The molecule has 0 saturated carbocycles. The van der Waals surface area contributed by atoms with Gasteiger partial charge in [-0.05, 0) is 18.6 Å². The van der Waals surface area contributed by atoms with Crippen LogP contribution in [0.15, 0.2) is 23.2 Å². The Morgan fingerprint density at radius 3 is 2.43 bits per heavy atom. The molecule has 28 heavy (non-hydrogen) atoms. The second-order valence-electron chi connectivity index (χ2n) is 6.84. The van der Waals surface area contributed by atoms with Crippen LogP contribution in [0.5, 0.6) is 0 Å². The normalized spacial score (nSPS) is 18.7. The van der Waals surface area contributed by atoms with Crippen LogP contribution in [-0.2, 0) is 9.59 Å². The number of rotatable bonds is 4. The van der Waals surface area contributed by atoms with E-state index in [1.807, 2.05) is 9.80 Å². The number of carbonyl (C=O) groups excluding carboxylic acids is 2. The fourth-order valence-corrected chi connectivity index (χ4v) is 3.55. The highest BCUT2D eigenvalue weighted by Crippen LogP contribution is 2.22. The molecule has 2 amide bonds. The largest absolute Gasteiger partial charge is 0.366 e. The van der Waals surface area contributed by atoms with Gasteiger partial charge in [-0.15, -0.1) is 0 Å². The van der Waals surface area contributed by atoms with Crippen molar-refractivity contribution in [2.75, 3.05) is 51.2 Å². The number of guanidine groups is 1. The second-order valence-corrected chi connectivity index (χ2v) is 6.84. The number of nitrogens with zero attached hydrogens (tertiary/aromatic N) is 4. The van der Waals surface area contributed by atoms with Gasteiger partial charge < -0.3 is 15.1 Å². The number of piperazine rings is 1. The van der Waals surface area contributed by atoms with Gasteiger partial charge in [0.1, 0.15) is 11.6 Å². The molecule has 1 N–H and O–H groups in total. The highest BCUT2D eigenvalue weighted by molar-refractivity contribution is 5.97. The van der Waals surface area contributed by atoms with Crippen molar-refractivity contribution in [2.45, 2.75) is 19.3 Å². The third-order valence-electron chi connectivity index (χ3n) is 5.04. The van der Waals surface area contributed by atoms with Gasteiger partial charge in [-0.3, -0.25) is 19.5 Å². The highest BCUT2D eigenvalue weighted by atomic mass is 19.1. The summed E-state index contributed by atoms with van der Waals surface area (Å²) < 4.78 is 27.4. The van der Waals surface area contributed by atoms with Crippen LogP contribution in [0.1, 0.15) is 19.3 Å². The van der Waals surface area contributed by atoms with E-state index in [0.29, 0.717) is 64.5 Å². The third-order valence-corrected chi connectivity index (χ3v) is 5.04. The van der Waals surface area contributed by atoms with Crippen LogP contribution in [-0.4, -0.2) is 73.9 Å². The fourth-order valence-electron chi connectivity index (χ4n) is 3.55. The van der Waals surface area contributed by atoms with E-state index in [1.165, 1.54) is 11.0 Å². The SMILES string of the molecule is CN=C(NCCN1C(=O)CCCC1=O)N1CCN(c2cc(F)ccc2F)CC1. The first-order valence-corrected chi connectivity index (χ1v) is 9.48. The lowest BCUT2D eigenvalue weighted by Gasteiger charge is -2.38. The van der Waals surface area contributed by atoms with Crippen molar-refractivity contribution in [2.24, 2.45) is 4.99 Å². The minimum absolute atomic E-state index is 0.126. The molecule has 2 aliphatic heterocycles. The Balaban J connectivity index is 1.50. The maximum Gasteiger partial charge on any atom is 0.229 e. The van der Waals surface area contributed by atoms with Gasteiger partial charge in [0.25, 0.3) is 0 Å². The zero-order valence-corrected chi connectivity index (χ0v) is 16.0. The predicted molar refractivity (Wildman–Crippen MR) is 102 cm³/mol. The average Bonchev–Trinajstić information content (AvgIpc) is 2.69. The predicted octanol–water partition coefficient (Wildman–Crippen LogP) is 1.20. The molecule has 1 aromatic carbocycles. The molecule has 1 aromatic rings. The molecule has 0 aromatic heterocycles. The number of piperidine rings is 1. The number of hydrogen-bond donors (Lipinski definition) is 1. The van der Waals surface area contributed by atoms with Crippen molar-refractivity contribution in [3.63, 3.8) is 0 Å². The quantitative estimate of drug-likeness (QED) is 0.473. The van der Waals surface area contributed by atoms with Crippen molar-refractivity contribution >= 4 is 23.5 Å². The lowest BCUT2D eigenvalue weighted by molar-refractivity contribution is -0.147. The fraction of sp³-hybridized carbons (Fsp3) is 0.526. The van der Waals surface area contributed by atoms with Crippen LogP contribution in [0.2, 0.25) is 0 Å². The summed E-state index contributed by atoms with van der Waals surface area (Å²) in [5.74, 6) is -0.486. The molecule has 0 unspecified atom stereocenters. The second kappa shape index (κ2) is 8.99. The van der Waals surface area contributed by atoms with Crippen molar-refractivity contribution < 1.29 is 18.4 Å². The lowest BCUT2D eigenvalue weighted by Crippen LogP contribution is -2.54. The summed E-state index contributed by atoms with van der Waals surface area (Å²) in [5.41, 5.74) is 0.268. The van der Waals surface area contributed by atoms with Crippen molar-refractivity contribution in [3.05, 3.63) is 29.8 Å². The van der Waals surface area contributed by atoms with Gasteiger partial charge in [-0.1, -0.05) is 0 Å². The summed E-state index contributed by atoms with van der Waals surface area (Å²) in [6.07, 6.45) is 1.46. The van der Waals surface area contributed by atoms with Crippen molar-refractivity contribution in [3.8, 4) is 0 Å². The smallest absolute Gasteiger partial charge is 0.229 e. The van der Waals surface area contributed by atoms with E-state index in [4.69, 9.17) is 0 Å². The van der Waals surface area contributed by atoms with E-state index in [2.05, 4.69) is 10.3 Å². The number of hydrogen-bond acceptors (Lipinski definition) is 4. The first-order chi connectivity index (χ1) is 13.5. The summed E-state index contributed by atoms with van der Waals surface area (Å²) in [6, 6.07) is 3.46. The summed E-state index contributed by atoms with van der Waals surface area (Å²) in [5, 5.41) is 3.18. The Hall–Kier alpha value is -2.71. The summed E-state index contributed by atoms with van der Waals surface area (Å²) >= 11 is 0. The van der Waals surface area contributed by atoms with Crippen LogP contribution in [0.25, 0.3) is 0 Å². The molecular weight excluding hydrogens is 368 g/mol. The van der Waals surface area contributed by atoms with E-state index in [0.717, 1.165) is 12.1 Å². The van der Waals surface area contributed by atoms with Crippen LogP contribution in [0, 0.1) is 11.6 Å². The van der Waals surface area contributed by atoms with Crippen molar-refractivity contribution in [1.82, 2.24) is 15.1 Å². The molecule has 0 atom stereocenters. The number of halogens is 2. The highest BCUT2D eigenvalue weighted by Gasteiger charge is 2.26. The van der Waals surface area contributed by atoms with Gasteiger partial charge in [0.15, 0.2) is 5.96 Å². The minimum Gasteiger partial charge on any atom is -0.366 e. The molecular formula is C19H25F2N5O2. The maximum atomic E-state index is 14.0. The Labute approximate surface area is 163 Å². The standard InChI is InChI=1S/C19H25F2N5O2/c1-22-19(23-7-8-26-17(27)3-2-4-18(26)28)25-11-9-24(10-12-25)16-13-14(20)5-6-15(16)21/h5-6,13H,2-4,7-12H2,1H3,(H,22,23). The number of nitrogens with one attached hydrogen (secondary N) is 1. The van der Waals surface area contributed by atoms with E-state index < -0.39 is 11.6 Å². The number of imide groups is 1. The van der Waals surface area contributed by atoms with Gasteiger partial charge in [-0.2, -0.15) is 0 Å². The topological polar surface area (TPSA) is 68.2 Å². The van der Waals surface area contributed by atoms with Crippen molar-refractivity contribution in [1.29, 1.82) is 0 Å². The van der Waals surface area contributed by atoms with E-state index in [9.17, 15) is 18.4 Å². The maximum absolute atomic E-state index is 14.0. The van der Waals surface area contributed by atoms with Gasteiger partial charge >= 0.3 is 0 Å². The van der Waals surface area contributed by atoms with Gasteiger partial charge in [0.2, 0.25) is 11.8 Å². The summed E-state index contributed by atoms with van der Waals surface area (Å²) in [6.45, 7) is 2.98. The number of likely N-dealkylation sites (tertiary alicyclic amines) is 1. The third kappa shape index (κ3) is 4.58. The average molecular weight is 393 g/mol. The first-order valence-electron chi connectivity index (χ1n) is 9.48. The number of carbonyl (C=O) groups is 2. The minimum atomic E-state index is -0.460. The molecule has 2 saturated heterocycles. The molecule has 2 fully saturated rings. The molecule has 0 spiro atoms. The van der Waals surface area contributed by atoms with E-state index in [1.54, 1.807) is 7.05 Å². The molecule has 9 heteroatoms. The Bertz CT molecular complexity index is 747. The van der Waals surface area contributed by atoms with Crippen LogP contribution in [0.4, 0.5) is 14.5 Å². The van der Waals surface area contributed by atoms with Crippen LogP contribution < -0.4 is 10.2 Å². The number of amides is 2. The summed E-state index contributed by atoms with van der Waals surface area (Å²) in [7, 11) is 1.66. The molecule has 152 valence electrons. The molecule has 7 nitrogen and oxygen atoms in total. The molecule has 2 heterocycles. The Morgan fingerprint density at radius 1 is 1.11 bits per heavy atom. The molecule has 0 radical (unpaired) electrons. The summed E-state index contributed by atoms with van der Waals surface area (Å²) in [4.78, 5) is 33.1. The zero-order chi connectivity index (χ0) is 20.1. The molecule has 0 aliphatic carbocycles. The molecule has 3 rings (SSSR count). The van der Waals surface area contributed by atoms with Crippen LogP contribution >= 0.6 is 0 Å². The van der Waals surface area contributed by atoms with Gasteiger partial charge in [0.05, 0.1) is 5.69 Å². The number of aliphatic imine (C=N–C) groups is 1. The van der Waals surface area contributed by atoms with Gasteiger partial charge in [-0.25, -0.2) is 8.78 Å². The monoisotopic (exact) mass is 393 g/mol.